The van der Waals surface area contributed by atoms with Crippen LogP contribution in [0, 0.1) is 0 Å². The number of rotatable bonds is 5. The van der Waals surface area contributed by atoms with Crippen molar-refractivity contribution in [3.05, 3.63) is 42.2 Å². The molecule has 164 valence electrons. The molecule has 1 saturated carbocycles. The molecule has 1 fully saturated rings. The van der Waals surface area contributed by atoms with Crippen LogP contribution in [0.25, 0.3) is 0 Å². The number of hydrogen-bond donors (Lipinski definition) is 2. The summed E-state index contributed by atoms with van der Waals surface area (Å²) in [5, 5.41) is 5.89. The fourth-order valence-electron chi connectivity index (χ4n) is 4.34. The van der Waals surface area contributed by atoms with E-state index in [0.29, 0.717) is 29.0 Å². The smallest absolute Gasteiger partial charge is 0.251 e. The van der Waals surface area contributed by atoms with Gasteiger partial charge in [-0.1, -0.05) is 19.4 Å². The van der Waals surface area contributed by atoms with E-state index in [4.69, 9.17) is 9.72 Å². The van der Waals surface area contributed by atoms with Crippen molar-refractivity contribution in [1.29, 1.82) is 0 Å². The number of aromatic nitrogens is 2. The third-order valence-electron chi connectivity index (χ3n) is 6.20. The fourth-order valence-corrected chi connectivity index (χ4v) is 4.34. The Labute approximate surface area is 183 Å². The molecule has 0 bridgehead atoms. The summed E-state index contributed by atoms with van der Waals surface area (Å²) in [4.78, 5) is 25.9. The molecule has 0 radical (unpaired) electrons. The molecule has 8 heteroatoms. The first kappa shape index (κ1) is 21.0. The second kappa shape index (κ2) is 8.83. The molecule has 1 aliphatic carbocycles. The maximum absolute atomic E-state index is 11.9. The van der Waals surface area contributed by atoms with Crippen LogP contribution in [0.1, 0.15) is 42.5 Å². The maximum Gasteiger partial charge on any atom is 0.251 e. The lowest BCUT2D eigenvalue weighted by Crippen LogP contribution is -2.34. The van der Waals surface area contributed by atoms with E-state index >= 15 is 0 Å². The Kier molecular flexibility index (Phi) is 5.97. The number of carbonyl (C=O) groups excluding carboxylic acids is 1. The van der Waals surface area contributed by atoms with Gasteiger partial charge in [0.1, 0.15) is 11.4 Å². The first-order valence-electron chi connectivity index (χ1n) is 10.7. The van der Waals surface area contributed by atoms with E-state index in [1.807, 2.05) is 13.2 Å². The quantitative estimate of drug-likeness (QED) is 0.760. The van der Waals surface area contributed by atoms with Crippen LogP contribution in [0.5, 0.6) is 5.75 Å². The predicted octanol–water partition coefficient (Wildman–Crippen LogP) is 3.69. The average molecular weight is 423 g/mol. The standard InChI is InChI=1S/C23H30N6O2/c1-15-11-12-29(17-7-5-6-8-17)21-19(28(15)3)14-25-23(27-21)26-18-10-9-16(22(30)24-2)13-20(18)31-4/h9-10,13-14,17H,1,5-8,11-12H2,2-4H3,(H,24,30)(H,25,26,27). The monoisotopic (exact) mass is 422 g/mol. The van der Waals surface area contributed by atoms with E-state index in [9.17, 15) is 4.79 Å². The lowest BCUT2D eigenvalue weighted by atomic mass is 10.1. The van der Waals surface area contributed by atoms with Gasteiger partial charge < -0.3 is 25.2 Å². The van der Waals surface area contributed by atoms with Crippen molar-refractivity contribution < 1.29 is 9.53 Å². The number of amides is 1. The zero-order chi connectivity index (χ0) is 22.0. The van der Waals surface area contributed by atoms with Gasteiger partial charge in [-0.3, -0.25) is 4.79 Å². The summed E-state index contributed by atoms with van der Waals surface area (Å²) in [6.07, 6.45) is 7.67. The van der Waals surface area contributed by atoms with Crippen molar-refractivity contribution in [2.75, 3.05) is 42.9 Å². The average Bonchev–Trinajstić information content (AvgIpc) is 3.29. The molecule has 0 unspecified atom stereocenters. The molecular formula is C23H30N6O2. The Morgan fingerprint density at radius 1 is 1.29 bits per heavy atom. The van der Waals surface area contributed by atoms with E-state index in [2.05, 4.69) is 32.0 Å². The van der Waals surface area contributed by atoms with Crippen LogP contribution >= 0.6 is 0 Å². The van der Waals surface area contributed by atoms with Crippen molar-refractivity contribution in [3.8, 4) is 5.75 Å². The zero-order valence-corrected chi connectivity index (χ0v) is 18.4. The highest BCUT2D eigenvalue weighted by Crippen LogP contribution is 2.38. The molecule has 31 heavy (non-hydrogen) atoms. The second-order valence-corrected chi connectivity index (χ2v) is 8.03. The zero-order valence-electron chi connectivity index (χ0n) is 18.4. The Bertz CT molecular complexity index is 986. The summed E-state index contributed by atoms with van der Waals surface area (Å²) in [7, 11) is 5.21. The number of carbonyl (C=O) groups is 1. The molecule has 1 aliphatic heterocycles. The molecule has 0 saturated heterocycles. The van der Waals surface area contributed by atoms with Crippen LogP contribution in [0.4, 0.5) is 23.1 Å². The van der Waals surface area contributed by atoms with E-state index in [0.717, 1.165) is 30.2 Å². The van der Waals surface area contributed by atoms with Crippen molar-refractivity contribution in [3.63, 3.8) is 0 Å². The van der Waals surface area contributed by atoms with Gasteiger partial charge in [0, 0.05) is 44.4 Å². The van der Waals surface area contributed by atoms with Gasteiger partial charge >= 0.3 is 0 Å². The van der Waals surface area contributed by atoms with Gasteiger partial charge in [-0.15, -0.1) is 0 Å². The number of anilines is 4. The van der Waals surface area contributed by atoms with Gasteiger partial charge in [-0.25, -0.2) is 4.98 Å². The fraction of sp³-hybridized carbons (Fsp3) is 0.435. The van der Waals surface area contributed by atoms with E-state index in [-0.39, 0.29) is 5.91 Å². The number of benzene rings is 1. The Morgan fingerprint density at radius 3 is 2.77 bits per heavy atom. The summed E-state index contributed by atoms with van der Waals surface area (Å²) >= 11 is 0. The van der Waals surface area contributed by atoms with Crippen LogP contribution in [-0.4, -0.2) is 49.7 Å². The summed E-state index contributed by atoms with van der Waals surface area (Å²) in [5.41, 5.74) is 3.27. The number of ether oxygens (including phenoxy) is 1. The van der Waals surface area contributed by atoms with Crippen LogP contribution in [0.2, 0.25) is 0 Å². The molecule has 0 atom stereocenters. The normalized spacial score (nSPS) is 16.7. The molecule has 8 nitrogen and oxygen atoms in total. The molecule has 1 aromatic carbocycles. The summed E-state index contributed by atoms with van der Waals surface area (Å²) in [6.45, 7) is 5.14. The van der Waals surface area contributed by atoms with Crippen molar-refractivity contribution in [1.82, 2.24) is 15.3 Å². The molecule has 2 N–H and O–H groups in total. The highest BCUT2D eigenvalue weighted by molar-refractivity contribution is 5.95. The second-order valence-electron chi connectivity index (χ2n) is 8.03. The van der Waals surface area contributed by atoms with Crippen LogP contribution in [-0.2, 0) is 0 Å². The summed E-state index contributed by atoms with van der Waals surface area (Å²) in [6, 6.07) is 5.76. The molecule has 1 amide bonds. The summed E-state index contributed by atoms with van der Waals surface area (Å²) in [5.74, 6) is 1.82. The Morgan fingerprint density at radius 2 is 2.06 bits per heavy atom. The summed E-state index contributed by atoms with van der Waals surface area (Å²) < 4.78 is 5.49. The highest BCUT2D eigenvalue weighted by Gasteiger charge is 2.30. The van der Waals surface area contributed by atoms with E-state index in [1.54, 1.807) is 32.4 Å². The van der Waals surface area contributed by atoms with Crippen molar-refractivity contribution in [2.24, 2.45) is 0 Å². The molecule has 2 aromatic rings. The van der Waals surface area contributed by atoms with Crippen LogP contribution < -0.4 is 25.2 Å². The lowest BCUT2D eigenvalue weighted by Gasteiger charge is -2.30. The Hall–Kier alpha value is -3.29. The highest BCUT2D eigenvalue weighted by atomic mass is 16.5. The minimum atomic E-state index is -0.165. The minimum absolute atomic E-state index is 0.165. The van der Waals surface area contributed by atoms with Crippen LogP contribution in [0.15, 0.2) is 36.7 Å². The topological polar surface area (TPSA) is 82.6 Å². The number of fused-ring (bicyclic) bond motifs is 1. The predicted molar refractivity (Wildman–Crippen MR) is 123 cm³/mol. The number of nitrogens with one attached hydrogen (secondary N) is 2. The van der Waals surface area contributed by atoms with E-state index in [1.165, 1.54) is 25.7 Å². The van der Waals surface area contributed by atoms with E-state index < -0.39 is 0 Å². The first-order chi connectivity index (χ1) is 15.0. The van der Waals surface area contributed by atoms with Gasteiger partial charge in [0.25, 0.3) is 5.91 Å². The maximum atomic E-state index is 11.9. The molecule has 0 spiro atoms. The molecular weight excluding hydrogens is 392 g/mol. The lowest BCUT2D eigenvalue weighted by molar-refractivity contribution is 0.0963. The number of hydrogen-bond acceptors (Lipinski definition) is 7. The third kappa shape index (κ3) is 4.15. The van der Waals surface area contributed by atoms with Gasteiger partial charge in [0.15, 0.2) is 5.82 Å². The van der Waals surface area contributed by atoms with Gasteiger partial charge in [-0.2, -0.15) is 4.98 Å². The third-order valence-corrected chi connectivity index (χ3v) is 6.20. The van der Waals surface area contributed by atoms with Gasteiger partial charge in [-0.05, 0) is 31.0 Å². The molecule has 1 aromatic heterocycles. The minimum Gasteiger partial charge on any atom is -0.495 e. The van der Waals surface area contributed by atoms with Crippen molar-refractivity contribution in [2.45, 2.75) is 38.1 Å². The Balaban J connectivity index is 1.68. The molecule has 2 heterocycles. The van der Waals surface area contributed by atoms with Crippen molar-refractivity contribution >= 4 is 29.0 Å². The SMILES string of the molecule is C=C1CCN(C2CCCC2)c2nc(Nc3ccc(C(=O)NC)cc3OC)ncc2N1C. The van der Waals surface area contributed by atoms with Gasteiger partial charge in [0.05, 0.1) is 19.0 Å². The largest absolute Gasteiger partial charge is 0.495 e. The number of methoxy groups -OCH3 is 1. The first-order valence-corrected chi connectivity index (χ1v) is 10.7. The van der Waals surface area contributed by atoms with Gasteiger partial charge in [0.2, 0.25) is 5.95 Å². The van der Waals surface area contributed by atoms with Crippen LogP contribution in [0.3, 0.4) is 0 Å². The molecule has 2 aliphatic rings. The molecule has 4 rings (SSSR count). The number of nitrogens with zero attached hydrogens (tertiary/aromatic N) is 4.